The van der Waals surface area contributed by atoms with E-state index in [-0.39, 0.29) is 17.8 Å². The predicted molar refractivity (Wildman–Crippen MR) is 98.8 cm³/mol. The van der Waals surface area contributed by atoms with Gasteiger partial charge in [-0.15, -0.1) is 0 Å². The summed E-state index contributed by atoms with van der Waals surface area (Å²) < 4.78 is 19.1. The normalized spacial score (nSPS) is 22.2. The Morgan fingerprint density at radius 1 is 1.11 bits per heavy atom. The lowest BCUT2D eigenvalue weighted by Crippen LogP contribution is -2.52. The van der Waals surface area contributed by atoms with E-state index in [1.807, 2.05) is 12.1 Å². The van der Waals surface area contributed by atoms with Gasteiger partial charge in [-0.2, -0.15) is 0 Å². The zero-order valence-electron chi connectivity index (χ0n) is 15.2. The van der Waals surface area contributed by atoms with Crippen molar-refractivity contribution in [1.29, 1.82) is 0 Å². The van der Waals surface area contributed by atoms with Crippen molar-refractivity contribution in [2.24, 2.45) is 0 Å². The van der Waals surface area contributed by atoms with Gasteiger partial charge in [0.15, 0.2) is 0 Å². The fourth-order valence-corrected chi connectivity index (χ4v) is 3.96. The average Bonchev–Trinajstić information content (AvgIpc) is 2.94. The van der Waals surface area contributed by atoms with Crippen LogP contribution >= 0.6 is 0 Å². The number of likely N-dealkylation sites (tertiary alicyclic amines) is 1. The molecular weight excluding hydrogens is 347 g/mol. The Labute approximate surface area is 157 Å². The van der Waals surface area contributed by atoms with E-state index in [1.54, 1.807) is 41.1 Å². The molecule has 4 rings (SSSR count). The Hall–Kier alpha value is -2.89. The zero-order chi connectivity index (χ0) is 19.0. The molecule has 0 bridgehead atoms. The summed E-state index contributed by atoms with van der Waals surface area (Å²) in [6.45, 7) is 1.52. The van der Waals surface area contributed by atoms with E-state index in [4.69, 9.17) is 4.74 Å². The van der Waals surface area contributed by atoms with E-state index < -0.39 is 5.60 Å². The van der Waals surface area contributed by atoms with Crippen molar-refractivity contribution in [3.05, 3.63) is 59.9 Å². The summed E-state index contributed by atoms with van der Waals surface area (Å²) in [5.41, 5.74) is 1.46. The Kier molecular flexibility index (Phi) is 4.34. The van der Waals surface area contributed by atoms with Gasteiger partial charge < -0.3 is 14.5 Å². The van der Waals surface area contributed by atoms with Gasteiger partial charge in [0.2, 0.25) is 0 Å². The first-order valence-electron chi connectivity index (χ1n) is 9.05. The summed E-state index contributed by atoms with van der Waals surface area (Å²) in [6, 6.07) is 13.5. The van der Waals surface area contributed by atoms with Crippen LogP contribution in [0, 0.1) is 5.82 Å². The molecule has 2 fully saturated rings. The van der Waals surface area contributed by atoms with Crippen LogP contribution in [-0.2, 0) is 4.74 Å². The maximum Gasteiger partial charge on any atom is 0.410 e. The number of likely N-dealkylation sites (N-methyl/N-ethyl adjacent to an activating group) is 1. The van der Waals surface area contributed by atoms with E-state index >= 15 is 0 Å². The second-order valence-corrected chi connectivity index (χ2v) is 7.33. The van der Waals surface area contributed by atoms with Crippen molar-refractivity contribution in [3.63, 3.8) is 0 Å². The molecule has 2 aliphatic rings. The van der Waals surface area contributed by atoms with Crippen LogP contribution in [0.15, 0.2) is 48.5 Å². The minimum absolute atomic E-state index is 0.0991. The first-order valence-corrected chi connectivity index (χ1v) is 9.05. The van der Waals surface area contributed by atoms with Gasteiger partial charge in [-0.05, 0) is 48.2 Å². The molecule has 0 N–H and O–H groups in total. The van der Waals surface area contributed by atoms with Crippen LogP contribution in [0.2, 0.25) is 0 Å². The molecule has 2 aliphatic heterocycles. The maximum atomic E-state index is 13.5. The third kappa shape index (κ3) is 3.39. The van der Waals surface area contributed by atoms with Crippen molar-refractivity contribution in [1.82, 2.24) is 9.80 Å². The molecule has 1 unspecified atom stereocenters. The third-order valence-electron chi connectivity index (χ3n) is 5.23. The van der Waals surface area contributed by atoms with Gasteiger partial charge in [0.25, 0.3) is 5.91 Å². The number of ether oxygens (including phenoxy) is 1. The number of rotatable bonds is 2. The van der Waals surface area contributed by atoms with Gasteiger partial charge in [-0.3, -0.25) is 4.79 Å². The highest BCUT2D eigenvalue weighted by atomic mass is 19.1. The number of nitrogens with zero attached hydrogens (tertiary/aromatic N) is 2. The molecule has 2 amide bonds. The Morgan fingerprint density at radius 3 is 2.56 bits per heavy atom. The van der Waals surface area contributed by atoms with Gasteiger partial charge in [-0.25, -0.2) is 9.18 Å². The lowest BCUT2D eigenvalue weighted by Gasteiger charge is -2.38. The van der Waals surface area contributed by atoms with Crippen LogP contribution in [0.3, 0.4) is 0 Å². The molecule has 0 radical (unpaired) electrons. The highest BCUT2D eigenvalue weighted by Crippen LogP contribution is 2.32. The molecule has 0 aliphatic carbocycles. The summed E-state index contributed by atoms with van der Waals surface area (Å²) in [5.74, 6) is -0.410. The minimum atomic E-state index is -0.611. The number of halogens is 1. The molecule has 2 aromatic carbocycles. The lowest BCUT2D eigenvalue weighted by atomic mass is 9.92. The molecule has 1 atom stereocenters. The topological polar surface area (TPSA) is 49.9 Å². The van der Waals surface area contributed by atoms with Gasteiger partial charge in [0.1, 0.15) is 11.4 Å². The van der Waals surface area contributed by atoms with Crippen molar-refractivity contribution < 1.29 is 18.7 Å². The molecule has 5 nitrogen and oxygen atoms in total. The number of carbonyl (C=O) groups excluding carboxylic acids is 2. The van der Waals surface area contributed by atoms with E-state index in [1.165, 1.54) is 12.1 Å². The number of hydrogen-bond acceptors (Lipinski definition) is 3. The van der Waals surface area contributed by atoms with Crippen molar-refractivity contribution in [2.75, 3.05) is 26.7 Å². The molecule has 27 heavy (non-hydrogen) atoms. The number of carbonyl (C=O) groups is 2. The number of piperidine rings is 1. The SMILES string of the molecule is CN1CC2(CCCN(C(=O)c3cccc(-c4cccc(F)c4)c3)C2)OC1=O. The summed E-state index contributed by atoms with van der Waals surface area (Å²) in [5, 5.41) is 0. The van der Waals surface area contributed by atoms with E-state index in [0.29, 0.717) is 25.2 Å². The standard InChI is InChI=1S/C21H21FN2O3/c1-23-13-21(27-20(23)26)9-4-10-24(14-21)19(25)17-7-2-5-15(11-17)16-6-3-8-18(22)12-16/h2-3,5-8,11-12H,4,9-10,13-14H2,1H3. The first kappa shape index (κ1) is 17.5. The van der Waals surface area contributed by atoms with Gasteiger partial charge in [0, 0.05) is 19.2 Å². The Bertz CT molecular complexity index is 901. The molecule has 2 saturated heterocycles. The predicted octanol–water partition coefficient (Wildman–Crippen LogP) is 3.55. The fourth-order valence-electron chi connectivity index (χ4n) is 3.96. The molecule has 2 heterocycles. The largest absolute Gasteiger partial charge is 0.439 e. The van der Waals surface area contributed by atoms with Crippen LogP contribution in [0.5, 0.6) is 0 Å². The molecule has 1 spiro atoms. The second-order valence-electron chi connectivity index (χ2n) is 7.33. The van der Waals surface area contributed by atoms with Gasteiger partial charge in [-0.1, -0.05) is 24.3 Å². The monoisotopic (exact) mass is 368 g/mol. The molecule has 140 valence electrons. The van der Waals surface area contributed by atoms with E-state index in [9.17, 15) is 14.0 Å². The fraction of sp³-hybridized carbons (Fsp3) is 0.333. The minimum Gasteiger partial charge on any atom is -0.439 e. The summed E-state index contributed by atoms with van der Waals surface area (Å²) in [4.78, 5) is 28.1. The van der Waals surface area contributed by atoms with Crippen molar-refractivity contribution >= 4 is 12.0 Å². The maximum absolute atomic E-state index is 13.5. The van der Waals surface area contributed by atoms with Crippen LogP contribution in [0.1, 0.15) is 23.2 Å². The molecule has 0 saturated carbocycles. The second kappa shape index (κ2) is 6.68. The van der Waals surface area contributed by atoms with Crippen LogP contribution < -0.4 is 0 Å². The summed E-state index contributed by atoms with van der Waals surface area (Å²) >= 11 is 0. The highest BCUT2D eigenvalue weighted by Gasteiger charge is 2.47. The molecule has 2 aromatic rings. The number of amides is 2. The van der Waals surface area contributed by atoms with E-state index in [2.05, 4.69) is 0 Å². The Balaban J connectivity index is 1.56. The zero-order valence-corrected chi connectivity index (χ0v) is 15.2. The number of benzene rings is 2. The van der Waals surface area contributed by atoms with Crippen LogP contribution in [0.25, 0.3) is 11.1 Å². The summed E-state index contributed by atoms with van der Waals surface area (Å²) in [7, 11) is 1.71. The molecular formula is C21H21FN2O3. The van der Waals surface area contributed by atoms with Crippen molar-refractivity contribution in [2.45, 2.75) is 18.4 Å². The first-order chi connectivity index (χ1) is 13.0. The van der Waals surface area contributed by atoms with Crippen LogP contribution in [-0.4, -0.2) is 54.1 Å². The van der Waals surface area contributed by atoms with Crippen molar-refractivity contribution in [3.8, 4) is 11.1 Å². The number of hydrogen-bond donors (Lipinski definition) is 0. The van der Waals surface area contributed by atoms with Gasteiger partial charge >= 0.3 is 6.09 Å². The van der Waals surface area contributed by atoms with E-state index in [0.717, 1.165) is 24.0 Å². The smallest absolute Gasteiger partial charge is 0.410 e. The molecule has 0 aromatic heterocycles. The van der Waals surface area contributed by atoms with Gasteiger partial charge in [0.05, 0.1) is 13.1 Å². The average molecular weight is 368 g/mol. The third-order valence-corrected chi connectivity index (χ3v) is 5.23. The highest BCUT2D eigenvalue weighted by molar-refractivity contribution is 5.95. The summed E-state index contributed by atoms with van der Waals surface area (Å²) in [6.07, 6.45) is 1.21. The lowest BCUT2D eigenvalue weighted by molar-refractivity contribution is -0.00520. The quantitative estimate of drug-likeness (QED) is 0.815. The molecule has 6 heteroatoms. The Morgan fingerprint density at radius 2 is 1.85 bits per heavy atom. The van der Waals surface area contributed by atoms with Crippen LogP contribution in [0.4, 0.5) is 9.18 Å².